The number of hydrogen-bond acceptors (Lipinski definition) is 7. The highest BCUT2D eigenvalue weighted by Gasteiger charge is 2.28. The summed E-state index contributed by atoms with van der Waals surface area (Å²) in [5, 5.41) is 0. The molecule has 2 aromatic carbocycles. The monoisotopic (exact) mass is 409 g/mol. The van der Waals surface area contributed by atoms with E-state index in [0.29, 0.717) is 59.8 Å². The molecule has 5 rings (SSSR count). The van der Waals surface area contributed by atoms with Crippen molar-refractivity contribution in [3.8, 4) is 28.7 Å². The summed E-state index contributed by atoms with van der Waals surface area (Å²) < 4.78 is 28.3. The maximum absolute atomic E-state index is 13.5. The Morgan fingerprint density at radius 2 is 1.87 bits per heavy atom. The van der Waals surface area contributed by atoms with Gasteiger partial charge in [-0.05, 0) is 42.3 Å². The molecule has 0 bridgehead atoms. The normalized spacial score (nSPS) is 16.9. The van der Waals surface area contributed by atoms with Crippen molar-refractivity contribution < 1.29 is 28.5 Å². The number of methoxy groups -OCH3 is 1. The lowest BCUT2D eigenvalue weighted by atomic mass is 10.0. The van der Waals surface area contributed by atoms with Gasteiger partial charge in [-0.1, -0.05) is 0 Å². The summed E-state index contributed by atoms with van der Waals surface area (Å²) in [7, 11) is 3.52. The predicted octanol–water partition coefficient (Wildman–Crippen LogP) is 3.30. The first-order chi connectivity index (χ1) is 14.7. The van der Waals surface area contributed by atoms with Gasteiger partial charge in [0.2, 0.25) is 18.3 Å². The van der Waals surface area contributed by atoms with Gasteiger partial charge in [-0.2, -0.15) is 0 Å². The highest BCUT2D eigenvalue weighted by molar-refractivity contribution is 6.11. The SMILES string of the molecule is COc1c2c(cc3c1OCO3)CCN(C)C(C(=O)c1ccc3c(c1)OCCCO3)=C2. The van der Waals surface area contributed by atoms with Crippen molar-refractivity contribution in [2.24, 2.45) is 0 Å². The van der Waals surface area contributed by atoms with Crippen LogP contribution in [0.2, 0.25) is 0 Å². The van der Waals surface area contributed by atoms with Gasteiger partial charge < -0.3 is 28.6 Å². The van der Waals surface area contributed by atoms with Crippen molar-refractivity contribution in [3.05, 3.63) is 46.7 Å². The number of ether oxygens (including phenoxy) is 5. The number of fused-ring (bicyclic) bond motifs is 3. The van der Waals surface area contributed by atoms with Crippen LogP contribution >= 0.6 is 0 Å². The Morgan fingerprint density at radius 1 is 1.03 bits per heavy atom. The van der Waals surface area contributed by atoms with E-state index in [1.807, 2.05) is 24.1 Å². The number of hydrogen-bond donors (Lipinski definition) is 0. The lowest BCUT2D eigenvalue weighted by Crippen LogP contribution is -2.24. The Hall–Kier alpha value is -3.35. The van der Waals surface area contributed by atoms with Crippen molar-refractivity contribution in [1.29, 1.82) is 0 Å². The minimum Gasteiger partial charge on any atom is -0.492 e. The van der Waals surface area contributed by atoms with Gasteiger partial charge in [0.25, 0.3) is 0 Å². The summed E-state index contributed by atoms with van der Waals surface area (Å²) in [6, 6.07) is 7.33. The molecule has 3 heterocycles. The van der Waals surface area contributed by atoms with Crippen LogP contribution in [0.5, 0.6) is 28.7 Å². The van der Waals surface area contributed by atoms with E-state index >= 15 is 0 Å². The molecule has 0 N–H and O–H groups in total. The third-order valence-electron chi connectivity index (χ3n) is 5.60. The first kappa shape index (κ1) is 18.7. The third-order valence-corrected chi connectivity index (χ3v) is 5.60. The number of rotatable bonds is 3. The van der Waals surface area contributed by atoms with E-state index in [-0.39, 0.29) is 12.6 Å². The molecule has 0 saturated heterocycles. The molecule has 156 valence electrons. The number of Topliss-reactive ketones (excluding diaryl/α,β-unsaturated/α-hetero) is 1. The average molecular weight is 409 g/mol. The molecular weight excluding hydrogens is 386 g/mol. The van der Waals surface area contributed by atoms with Gasteiger partial charge in [-0.15, -0.1) is 0 Å². The molecule has 0 spiro atoms. The second kappa shape index (κ2) is 7.48. The molecule has 0 aromatic heterocycles. The van der Waals surface area contributed by atoms with Crippen LogP contribution in [0.1, 0.15) is 27.9 Å². The molecule has 0 atom stereocenters. The minimum atomic E-state index is -0.0827. The fourth-order valence-corrected chi connectivity index (χ4v) is 3.99. The minimum absolute atomic E-state index is 0.0827. The Labute approximate surface area is 174 Å². The van der Waals surface area contributed by atoms with Crippen LogP contribution in [0.4, 0.5) is 0 Å². The Bertz CT molecular complexity index is 1040. The second-order valence-corrected chi connectivity index (χ2v) is 7.46. The number of carbonyl (C=O) groups is 1. The van der Waals surface area contributed by atoms with Crippen LogP contribution in [0, 0.1) is 0 Å². The molecule has 0 unspecified atom stereocenters. The van der Waals surface area contributed by atoms with Gasteiger partial charge in [-0.3, -0.25) is 4.79 Å². The standard InChI is InChI=1S/C23H23NO6/c1-24-7-6-14-10-20-23(30-13-29-20)22(26-2)16(14)12-17(24)21(25)15-4-5-18-19(11-15)28-9-3-8-27-18/h4-5,10-12H,3,6-9,13H2,1-2H3. The number of ketones is 1. The molecule has 3 aliphatic heterocycles. The van der Waals surface area contributed by atoms with Gasteiger partial charge >= 0.3 is 0 Å². The van der Waals surface area contributed by atoms with Gasteiger partial charge in [0.15, 0.2) is 23.0 Å². The first-order valence-electron chi connectivity index (χ1n) is 10.0. The van der Waals surface area contributed by atoms with Crippen molar-refractivity contribution in [2.45, 2.75) is 12.8 Å². The fraction of sp³-hybridized carbons (Fsp3) is 0.348. The number of allylic oxidation sites excluding steroid dienone is 1. The summed E-state index contributed by atoms with van der Waals surface area (Å²) in [5.74, 6) is 3.06. The van der Waals surface area contributed by atoms with Crippen LogP contribution in [0.15, 0.2) is 30.0 Å². The Kier molecular flexibility index (Phi) is 4.65. The van der Waals surface area contributed by atoms with E-state index in [1.54, 1.807) is 25.3 Å². The van der Waals surface area contributed by atoms with E-state index in [9.17, 15) is 4.79 Å². The fourth-order valence-electron chi connectivity index (χ4n) is 3.99. The Balaban J connectivity index is 1.57. The third kappa shape index (κ3) is 3.10. The maximum atomic E-state index is 13.5. The zero-order valence-electron chi connectivity index (χ0n) is 17.0. The van der Waals surface area contributed by atoms with Crippen LogP contribution < -0.4 is 23.7 Å². The quantitative estimate of drug-likeness (QED) is 0.721. The second-order valence-electron chi connectivity index (χ2n) is 7.46. The number of nitrogens with zero attached hydrogens (tertiary/aromatic N) is 1. The van der Waals surface area contributed by atoms with Crippen LogP contribution in [0.25, 0.3) is 6.08 Å². The molecule has 2 aromatic rings. The number of carbonyl (C=O) groups excluding carboxylic acids is 1. The van der Waals surface area contributed by atoms with E-state index in [0.717, 1.165) is 24.0 Å². The molecular formula is C23H23NO6. The summed E-state index contributed by atoms with van der Waals surface area (Å²) in [6.07, 6.45) is 3.46. The van der Waals surface area contributed by atoms with Crippen LogP contribution in [-0.4, -0.2) is 51.4 Å². The molecule has 0 saturated carbocycles. The predicted molar refractivity (Wildman–Crippen MR) is 110 cm³/mol. The molecule has 0 aliphatic carbocycles. The van der Waals surface area contributed by atoms with E-state index in [1.165, 1.54) is 0 Å². The van der Waals surface area contributed by atoms with E-state index in [4.69, 9.17) is 23.7 Å². The summed E-state index contributed by atoms with van der Waals surface area (Å²) in [4.78, 5) is 15.4. The molecule has 0 radical (unpaired) electrons. The van der Waals surface area contributed by atoms with Gasteiger partial charge in [0.05, 0.1) is 26.0 Å². The van der Waals surface area contributed by atoms with Gasteiger partial charge in [0.1, 0.15) is 0 Å². The highest BCUT2D eigenvalue weighted by atomic mass is 16.7. The molecule has 0 fully saturated rings. The molecule has 30 heavy (non-hydrogen) atoms. The van der Waals surface area contributed by atoms with E-state index in [2.05, 4.69) is 0 Å². The summed E-state index contributed by atoms with van der Waals surface area (Å²) in [6.45, 7) is 2.05. The maximum Gasteiger partial charge on any atom is 0.231 e. The lowest BCUT2D eigenvalue weighted by molar-refractivity contribution is 0.100. The summed E-state index contributed by atoms with van der Waals surface area (Å²) >= 11 is 0. The average Bonchev–Trinajstić information content (AvgIpc) is 3.00. The topological polar surface area (TPSA) is 66.5 Å². The van der Waals surface area contributed by atoms with E-state index < -0.39 is 0 Å². The lowest BCUT2D eigenvalue weighted by Gasteiger charge is -2.20. The largest absolute Gasteiger partial charge is 0.492 e. The zero-order chi connectivity index (χ0) is 20.7. The number of likely N-dealkylation sites (N-methyl/N-ethyl adjacent to an activating group) is 1. The van der Waals surface area contributed by atoms with Crippen molar-refractivity contribution >= 4 is 11.9 Å². The Morgan fingerprint density at radius 3 is 2.70 bits per heavy atom. The van der Waals surface area contributed by atoms with Gasteiger partial charge in [-0.25, -0.2) is 0 Å². The van der Waals surface area contributed by atoms with Crippen LogP contribution in [-0.2, 0) is 6.42 Å². The smallest absolute Gasteiger partial charge is 0.231 e. The summed E-state index contributed by atoms with van der Waals surface area (Å²) in [5.41, 5.74) is 3.05. The molecule has 3 aliphatic rings. The first-order valence-corrected chi connectivity index (χ1v) is 10.0. The van der Waals surface area contributed by atoms with Crippen LogP contribution in [0.3, 0.4) is 0 Å². The number of benzene rings is 2. The molecule has 0 amide bonds. The molecule has 7 nitrogen and oxygen atoms in total. The van der Waals surface area contributed by atoms with Crippen molar-refractivity contribution in [2.75, 3.05) is 40.7 Å². The van der Waals surface area contributed by atoms with Crippen molar-refractivity contribution in [1.82, 2.24) is 4.90 Å². The zero-order valence-corrected chi connectivity index (χ0v) is 17.0. The van der Waals surface area contributed by atoms with Gasteiger partial charge in [0, 0.05) is 31.1 Å². The molecule has 7 heteroatoms. The van der Waals surface area contributed by atoms with Crippen molar-refractivity contribution in [3.63, 3.8) is 0 Å². The highest BCUT2D eigenvalue weighted by Crippen LogP contribution is 2.46.